The molecule has 2 aromatic heterocycles. The van der Waals surface area contributed by atoms with Crippen molar-refractivity contribution in [3.63, 3.8) is 0 Å². The van der Waals surface area contributed by atoms with E-state index in [0.717, 1.165) is 74.3 Å². The summed E-state index contributed by atoms with van der Waals surface area (Å²) in [5, 5.41) is 0. The number of aromatic nitrogens is 4. The van der Waals surface area contributed by atoms with Gasteiger partial charge in [0.2, 0.25) is 0 Å². The van der Waals surface area contributed by atoms with Crippen molar-refractivity contribution in [3.05, 3.63) is 103 Å². The molecule has 0 amide bonds. The highest BCUT2D eigenvalue weighted by Gasteiger charge is 2.46. The molecule has 4 aromatic rings. The second kappa shape index (κ2) is 15.9. The number of hydrogen-bond acceptors (Lipinski definition) is 4. The van der Waals surface area contributed by atoms with Crippen molar-refractivity contribution in [2.24, 2.45) is 23.7 Å². The molecule has 4 fully saturated rings. The highest BCUT2D eigenvalue weighted by atomic mass is 16.5. The molecule has 6 nitrogen and oxygen atoms in total. The van der Waals surface area contributed by atoms with E-state index in [1.807, 2.05) is 37.4 Å². The van der Waals surface area contributed by atoms with Gasteiger partial charge in [0.15, 0.2) is 0 Å². The van der Waals surface area contributed by atoms with Gasteiger partial charge in [0.25, 0.3) is 0 Å². The molecule has 4 saturated carbocycles. The number of unbranched alkanes of at least 4 members (excludes halogenated alkanes) is 6. The van der Waals surface area contributed by atoms with E-state index in [4.69, 9.17) is 9.47 Å². The summed E-state index contributed by atoms with van der Waals surface area (Å²) in [6, 6.07) is 18.0. The summed E-state index contributed by atoms with van der Waals surface area (Å²) in [6.07, 6.45) is 28.0. The molecule has 0 radical (unpaired) electrons. The first-order valence-electron chi connectivity index (χ1n) is 18.4. The van der Waals surface area contributed by atoms with Gasteiger partial charge >= 0.3 is 0 Å². The van der Waals surface area contributed by atoms with Gasteiger partial charge in [-0.05, 0) is 122 Å². The standard InChI is InChI=1S/C41H52N4O2/c1(5-19-44-21-17-42-30-44)3-7-23-46-38-13-9-34(10-14-38)40(41-36-26-32-25-33(28-36)29-37(41)27-32)35-11-15-39(16-12-35)47-24-8-4-2-6-20-45-22-18-43-31-45/h9-18,21-22,30-33,36-37H,1-8,19-20,23-29H2. The number of aryl methyl sites for hydroxylation is 2. The Hall–Kier alpha value is -3.80. The van der Waals surface area contributed by atoms with E-state index in [2.05, 4.69) is 67.6 Å². The summed E-state index contributed by atoms with van der Waals surface area (Å²) in [4.78, 5) is 8.25. The molecule has 248 valence electrons. The molecule has 6 heteroatoms. The Kier molecular flexibility index (Phi) is 10.7. The molecule has 4 aliphatic carbocycles. The fourth-order valence-corrected chi connectivity index (χ4v) is 8.75. The van der Waals surface area contributed by atoms with E-state index in [1.165, 1.54) is 87.3 Å². The molecular formula is C41H52N4O2. The van der Waals surface area contributed by atoms with E-state index in [0.29, 0.717) is 0 Å². The van der Waals surface area contributed by atoms with Crippen LogP contribution in [0.5, 0.6) is 11.5 Å². The first-order chi connectivity index (χ1) is 23.3. The fraction of sp³-hybridized carbons (Fsp3) is 0.512. The zero-order chi connectivity index (χ0) is 31.7. The lowest BCUT2D eigenvalue weighted by Crippen LogP contribution is -2.40. The Labute approximate surface area is 281 Å². The first-order valence-corrected chi connectivity index (χ1v) is 18.4. The van der Waals surface area contributed by atoms with Gasteiger partial charge in [-0.15, -0.1) is 0 Å². The maximum Gasteiger partial charge on any atom is 0.119 e. The molecule has 0 N–H and O–H groups in total. The normalized spacial score (nSPS) is 21.3. The molecule has 8 rings (SSSR count). The van der Waals surface area contributed by atoms with E-state index in [9.17, 15) is 0 Å². The molecule has 0 saturated heterocycles. The van der Waals surface area contributed by atoms with Crippen LogP contribution in [0.15, 0.2) is 91.5 Å². The van der Waals surface area contributed by atoms with E-state index >= 15 is 0 Å². The molecule has 0 aliphatic heterocycles. The molecule has 0 spiro atoms. The van der Waals surface area contributed by atoms with Crippen LogP contribution >= 0.6 is 0 Å². The summed E-state index contributed by atoms with van der Waals surface area (Å²) in [7, 11) is 0. The SMILES string of the molecule is c1cn(CCCCCCOc2ccc(C(=C3C4CC5CC(C4)CC3C5)c3ccc(OCCCCCCn4ccnc4)cc3)cc2)cn1. The summed E-state index contributed by atoms with van der Waals surface area (Å²) in [5.74, 6) is 5.35. The lowest BCUT2D eigenvalue weighted by molar-refractivity contribution is 0.0705. The number of nitrogens with zero attached hydrogens (tertiary/aromatic N) is 4. The predicted molar refractivity (Wildman–Crippen MR) is 188 cm³/mol. The number of allylic oxidation sites excluding steroid dienone is 1. The van der Waals surface area contributed by atoms with Gasteiger partial charge in [0, 0.05) is 37.9 Å². The highest BCUT2D eigenvalue weighted by molar-refractivity contribution is 5.83. The smallest absolute Gasteiger partial charge is 0.119 e. The molecule has 47 heavy (non-hydrogen) atoms. The van der Waals surface area contributed by atoms with Gasteiger partial charge in [-0.2, -0.15) is 0 Å². The van der Waals surface area contributed by atoms with Crippen LogP contribution in [0.2, 0.25) is 0 Å². The van der Waals surface area contributed by atoms with E-state index in [-0.39, 0.29) is 0 Å². The Morgan fingerprint density at radius 1 is 0.553 bits per heavy atom. The Morgan fingerprint density at radius 3 is 1.43 bits per heavy atom. The van der Waals surface area contributed by atoms with Crippen LogP contribution in [0.4, 0.5) is 0 Å². The van der Waals surface area contributed by atoms with Crippen LogP contribution in [0, 0.1) is 23.7 Å². The predicted octanol–water partition coefficient (Wildman–Crippen LogP) is 9.62. The zero-order valence-electron chi connectivity index (χ0n) is 28.0. The molecular weight excluding hydrogens is 580 g/mol. The van der Waals surface area contributed by atoms with Gasteiger partial charge in [-0.25, -0.2) is 9.97 Å². The van der Waals surface area contributed by atoms with Crippen LogP contribution in [0.1, 0.15) is 94.6 Å². The average Bonchev–Trinajstić information content (AvgIpc) is 3.81. The third-order valence-electron chi connectivity index (χ3n) is 10.9. The number of hydrogen-bond donors (Lipinski definition) is 0. The maximum absolute atomic E-state index is 6.19. The van der Waals surface area contributed by atoms with Crippen LogP contribution in [-0.4, -0.2) is 32.3 Å². The Balaban J connectivity index is 0.947. The van der Waals surface area contributed by atoms with Crippen molar-refractivity contribution in [1.82, 2.24) is 19.1 Å². The topological polar surface area (TPSA) is 54.1 Å². The number of rotatable bonds is 18. The van der Waals surface area contributed by atoms with Crippen molar-refractivity contribution in [2.75, 3.05) is 13.2 Å². The van der Waals surface area contributed by atoms with Crippen LogP contribution in [0.3, 0.4) is 0 Å². The molecule has 4 bridgehead atoms. The Bertz CT molecular complexity index is 1400. The van der Waals surface area contributed by atoms with Crippen molar-refractivity contribution < 1.29 is 9.47 Å². The van der Waals surface area contributed by atoms with Crippen molar-refractivity contribution in [2.45, 2.75) is 96.6 Å². The van der Waals surface area contributed by atoms with Gasteiger partial charge in [-0.1, -0.05) is 55.5 Å². The van der Waals surface area contributed by atoms with Crippen LogP contribution < -0.4 is 9.47 Å². The van der Waals surface area contributed by atoms with E-state index in [1.54, 1.807) is 5.57 Å². The highest BCUT2D eigenvalue weighted by Crippen LogP contribution is 2.58. The minimum Gasteiger partial charge on any atom is -0.494 e. The summed E-state index contributed by atoms with van der Waals surface area (Å²) < 4.78 is 16.7. The summed E-state index contributed by atoms with van der Waals surface area (Å²) in [6.45, 7) is 3.65. The van der Waals surface area contributed by atoms with Crippen LogP contribution in [0.25, 0.3) is 5.57 Å². The molecule has 0 atom stereocenters. The second-order valence-corrected chi connectivity index (χ2v) is 14.3. The van der Waals surface area contributed by atoms with Crippen molar-refractivity contribution in [3.8, 4) is 11.5 Å². The fourth-order valence-electron chi connectivity index (χ4n) is 8.75. The maximum atomic E-state index is 6.19. The number of benzene rings is 2. The molecule has 0 unspecified atom stereocenters. The number of imidazole rings is 2. The minimum absolute atomic E-state index is 0.746. The van der Waals surface area contributed by atoms with Gasteiger partial charge in [0.1, 0.15) is 11.5 Å². The second-order valence-electron chi connectivity index (χ2n) is 14.3. The average molecular weight is 633 g/mol. The van der Waals surface area contributed by atoms with Gasteiger partial charge in [-0.3, -0.25) is 0 Å². The quantitative estimate of drug-likeness (QED) is 0.103. The lowest BCUT2D eigenvalue weighted by Gasteiger charge is -2.52. The zero-order valence-corrected chi connectivity index (χ0v) is 28.0. The summed E-state index contributed by atoms with van der Waals surface area (Å²) >= 11 is 0. The van der Waals surface area contributed by atoms with Gasteiger partial charge < -0.3 is 18.6 Å². The minimum atomic E-state index is 0.746. The molecule has 4 aliphatic rings. The Morgan fingerprint density at radius 2 is 1.00 bits per heavy atom. The van der Waals surface area contributed by atoms with Crippen LogP contribution in [-0.2, 0) is 13.1 Å². The third kappa shape index (κ3) is 8.38. The number of ether oxygens (including phenoxy) is 2. The van der Waals surface area contributed by atoms with Crippen molar-refractivity contribution in [1.29, 1.82) is 0 Å². The monoisotopic (exact) mass is 632 g/mol. The largest absolute Gasteiger partial charge is 0.494 e. The van der Waals surface area contributed by atoms with Crippen molar-refractivity contribution >= 4 is 5.57 Å². The third-order valence-corrected chi connectivity index (χ3v) is 10.9. The van der Waals surface area contributed by atoms with Gasteiger partial charge in [0.05, 0.1) is 25.9 Å². The summed E-state index contributed by atoms with van der Waals surface area (Å²) in [5.41, 5.74) is 5.89. The molecule has 2 heterocycles. The molecule has 2 aromatic carbocycles. The lowest BCUT2D eigenvalue weighted by atomic mass is 9.53. The van der Waals surface area contributed by atoms with E-state index < -0.39 is 0 Å². The first kappa shape index (κ1) is 31.8.